The van der Waals surface area contributed by atoms with Crippen LogP contribution in [0.1, 0.15) is 31.7 Å². The number of nitrogens with one attached hydrogen (secondary N) is 1. The van der Waals surface area contributed by atoms with Gasteiger partial charge in [-0.15, -0.1) is 0 Å². The molecule has 0 aliphatic carbocycles. The van der Waals surface area contributed by atoms with Gasteiger partial charge in [0.25, 0.3) is 5.56 Å². The topological polar surface area (TPSA) is 79.4 Å². The number of hydrogen-bond donors (Lipinski definition) is 2. The van der Waals surface area contributed by atoms with Crippen LogP contribution in [0.25, 0.3) is 10.1 Å². The van der Waals surface area contributed by atoms with Crippen molar-refractivity contribution >= 4 is 27.6 Å². The fourth-order valence-corrected chi connectivity index (χ4v) is 3.27. The van der Waals surface area contributed by atoms with Gasteiger partial charge in [-0.05, 0) is 24.5 Å². The predicted octanol–water partition coefficient (Wildman–Crippen LogP) is 2.81. The molecule has 0 aliphatic heterocycles. The number of aliphatic carboxylic acids is 1. The Hall–Kier alpha value is -1.82. The normalized spacial score (nSPS) is 12.8. The third kappa shape index (κ3) is 2.56. The largest absolute Gasteiger partial charge is 0.496 e. The smallest absolute Gasteiger partial charge is 0.311 e. The number of rotatable bonds is 5. The van der Waals surface area contributed by atoms with E-state index in [0.29, 0.717) is 27.8 Å². The zero-order valence-electron chi connectivity index (χ0n) is 11.6. The summed E-state index contributed by atoms with van der Waals surface area (Å²) in [4.78, 5) is 23.3. The Morgan fingerprint density at radius 3 is 2.70 bits per heavy atom. The Balaban J connectivity index is 2.70. The highest BCUT2D eigenvalue weighted by Crippen LogP contribution is 2.38. The molecule has 0 spiro atoms. The fourth-order valence-electron chi connectivity index (χ4n) is 2.34. The second-order valence-electron chi connectivity index (χ2n) is 5.11. The van der Waals surface area contributed by atoms with Gasteiger partial charge in [0.2, 0.25) is 0 Å². The van der Waals surface area contributed by atoms with E-state index in [4.69, 9.17) is 4.74 Å². The van der Waals surface area contributed by atoms with Crippen molar-refractivity contribution in [1.29, 1.82) is 0 Å². The van der Waals surface area contributed by atoms with Gasteiger partial charge in [0.05, 0.1) is 23.1 Å². The third-order valence-corrected chi connectivity index (χ3v) is 4.15. The molecule has 108 valence electrons. The molecule has 0 aliphatic rings. The molecule has 0 fully saturated rings. The monoisotopic (exact) mass is 295 g/mol. The molecule has 1 heterocycles. The van der Waals surface area contributed by atoms with Gasteiger partial charge in [-0.2, -0.15) is 0 Å². The lowest BCUT2D eigenvalue weighted by molar-refractivity contribution is -0.139. The Morgan fingerprint density at radius 2 is 2.15 bits per heavy atom. The molecule has 1 aromatic heterocycles. The van der Waals surface area contributed by atoms with Crippen LogP contribution in [0.4, 0.5) is 0 Å². The van der Waals surface area contributed by atoms with Gasteiger partial charge in [0.1, 0.15) is 5.75 Å². The van der Waals surface area contributed by atoms with Crippen LogP contribution in [0.5, 0.6) is 5.75 Å². The Bertz CT molecular complexity index is 686. The van der Waals surface area contributed by atoms with Crippen molar-refractivity contribution in [2.24, 2.45) is 5.92 Å². The third-order valence-electron chi connectivity index (χ3n) is 3.22. The number of aromatic nitrogens is 1. The van der Waals surface area contributed by atoms with Crippen molar-refractivity contribution in [3.63, 3.8) is 0 Å². The highest BCUT2D eigenvalue weighted by molar-refractivity contribution is 7.13. The zero-order chi connectivity index (χ0) is 14.9. The Morgan fingerprint density at radius 1 is 1.45 bits per heavy atom. The van der Waals surface area contributed by atoms with Crippen molar-refractivity contribution in [1.82, 2.24) is 4.37 Å². The van der Waals surface area contributed by atoms with Crippen molar-refractivity contribution in [2.75, 3.05) is 7.11 Å². The molecule has 0 radical (unpaired) electrons. The van der Waals surface area contributed by atoms with Gasteiger partial charge in [0, 0.05) is 5.56 Å². The summed E-state index contributed by atoms with van der Waals surface area (Å²) in [7, 11) is 1.51. The molecular weight excluding hydrogens is 278 g/mol. The number of methoxy groups -OCH3 is 1. The van der Waals surface area contributed by atoms with Gasteiger partial charge in [-0.3, -0.25) is 14.0 Å². The summed E-state index contributed by atoms with van der Waals surface area (Å²) >= 11 is 1.16. The van der Waals surface area contributed by atoms with Crippen molar-refractivity contribution in [2.45, 2.75) is 26.2 Å². The minimum Gasteiger partial charge on any atom is -0.496 e. The van der Waals surface area contributed by atoms with Crippen LogP contribution in [0.3, 0.4) is 0 Å². The lowest BCUT2D eigenvalue weighted by Crippen LogP contribution is -2.15. The first kappa shape index (κ1) is 14.6. The average molecular weight is 295 g/mol. The van der Waals surface area contributed by atoms with Gasteiger partial charge in [-0.25, -0.2) is 0 Å². The summed E-state index contributed by atoms with van der Waals surface area (Å²) in [5.74, 6) is -0.835. The summed E-state index contributed by atoms with van der Waals surface area (Å²) in [6.45, 7) is 3.95. The molecule has 2 aromatic rings. The molecular formula is C14H17NO4S. The minimum absolute atomic E-state index is 0.192. The lowest BCUT2D eigenvalue weighted by Gasteiger charge is -2.18. The number of H-pyrrole nitrogens is 1. The maximum Gasteiger partial charge on any atom is 0.311 e. The molecule has 2 rings (SSSR count). The van der Waals surface area contributed by atoms with E-state index in [0.717, 1.165) is 11.5 Å². The van der Waals surface area contributed by atoms with E-state index < -0.39 is 11.9 Å². The molecule has 1 atom stereocenters. The average Bonchev–Trinajstić information content (AvgIpc) is 2.76. The minimum atomic E-state index is -0.898. The second kappa shape index (κ2) is 5.66. The van der Waals surface area contributed by atoms with E-state index in [1.54, 1.807) is 12.1 Å². The van der Waals surface area contributed by atoms with Crippen LogP contribution in [0, 0.1) is 5.92 Å². The van der Waals surface area contributed by atoms with E-state index >= 15 is 0 Å². The van der Waals surface area contributed by atoms with Gasteiger partial charge < -0.3 is 9.84 Å². The number of benzene rings is 1. The number of hydrogen-bond acceptors (Lipinski definition) is 4. The van der Waals surface area contributed by atoms with E-state index in [1.165, 1.54) is 7.11 Å². The first-order valence-corrected chi connectivity index (χ1v) is 7.18. The van der Waals surface area contributed by atoms with E-state index in [-0.39, 0.29) is 11.5 Å². The van der Waals surface area contributed by atoms with Gasteiger partial charge in [-0.1, -0.05) is 25.4 Å². The molecule has 5 nitrogen and oxygen atoms in total. The quantitative estimate of drug-likeness (QED) is 0.889. The van der Waals surface area contributed by atoms with Gasteiger partial charge >= 0.3 is 5.97 Å². The molecule has 0 unspecified atom stereocenters. The highest BCUT2D eigenvalue weighted by atomic mass is 32.1. The zero-order valence-corrected chi connectivity index (χ0v) is 12.4. The second-order valence-corrected chi connectivity index (χ2v) is 5.93. The van der Waals surface area contributed by atoms with Crippen molar-refractivity contribution in [3.8, 4) is 5.75 Å². The van der Waals surface area contributed by atoms with Gasteiger partial charge in [0.15, 0.2) is 0 Å². The molecule has 0 bridgehead atoms. The fraction of sp³-hybridized carbons (Fsp3) is 0.429. The number of carboxylic acids is 1. The van der Waals surface area contributed by atoms with Crippen LogP contribution >= 0.6 is 11.5 Å². The van der Waals surface area contributed by atoms with Crippen LogP contribution in [0.2, 0.25) is 0 Å². The molecule has 20 heavy (non-hydrogen) atoms. The molecule has 0 saturated carbocycles. The van der Waals surface area contributed by atoms with E-state index in [2.05, 4.69) is 4.37 Å². The summed E-state index contributed by atoms with van der Waals surface area (Å²) in [5, 5.41) is 10.0. The predicted molar refractivity (Wildman–Crippen MR) is 78.8 cm³/mol. The van der Waals surface area contributed by atoms with E-state index in [9.17, 15) is 14.7 Å². The van der Waals surface area contributed by atoms with Crippen LogP contribution in [-0.2, 0) is 4.79 Å². The van der Waals surface area contributed by atoms with Crippen LogP contribution in [-0.4, -0.2) is 22.6 Å². The van der Waals surface area contributed by atoms with Crippen LogP contribution in [0.15, 0.2) is 16.9 Å². The number of ether oxygens (including phenoxy) is 1. The number of fused-ring (bicyclic) bond motifs is 1. The summed E-state index contributed by atoms with van der Waals surface area (Å²) in [6, 6.07) is 3.33. The number of carboxylic acid groups (broad SMARTS) is 1. The maximum absolute atomic E-state index is 11.7. The molecule has 2 N–H and O–H groups in total. The maximum atomic E-state index is 11.7. The molecule has 6 heteroatoms. The molecule has 1 aromatic carbocycles. The van der Waals surface area contributed by atoms with E-state index in [1.807, 2.05) is 13.8 Å². The molecule has 0 amide bonds. The van der Waals surface area contributed by atoms with Crippen molar-refractivity contribution < 1.29 is 14.6 Å². The van der Waals surface area contributed by atoms with Crippen LogP contribution < -0.4 is 10.3 Å². The Kier molecular flexibility index (Phi) is 4.13. The first-order valence-electron chi connectivity index (χ1n) is 6.36. The lowest BCUT2D eigenvalue weighted by atomic mass is 9.89. The number of aromatic amines is 1. The molecule has 0 saturated heterocycles. The van der Waals surface area contributed by atoms with Crippen molar-refractivity contribution in [3.05, 3.63) is 28.0 Å². The Labute approximate surface area is 120 Å². The highest BCUT2D eigenvalue weighted by Gasteiger charge is 2.28. The summed E-state index contributed by atoms with van der Waals surface area (Å²) in [5.41, 5.74) is 0.400. The SMILES string of the molecule is COc1ccc2c(=O)[nH]sc2c1[C@H](CC(C)C)C(=O)O. The standard InChI is InChI=1S/C14H17NO4S/c1-7(2)6-9(14(17)18)11-10(19-3)5-4-8-12(11)20-15-13(8)16/h4-5,7,9H,6H2,1-3H3,(H,15,16)(H,17,18)/t9-/m0/s1. The summed E-state index contributed by atoms with van der Waals surface area (Å²) < 4.78 is 8.62. The first-order chi connectivity index (χ1) is 9.45. The number of carbonyl (C=O) groups is 1. The summed E-state index contributed by atoms with van der Waals surface area (Å²) in [6.07, 6.45) is 0.497.